The average Bonchev–Trinajstić information content (AvgIpc) is 2.70. The van der Waals surface area contributed by atoms with E-state index in [4.69, 9.17) is 9.47 Å². The van der Waals surface area contributed by atoms with Crippen molar-refractivity contribution in [3.8, 4) is 17.6 Å². The van der Waals surface area contributed by atoms with Crippen molar-refractivity contribution in [2.75, 3.05) is 19.5 Å². The summed E-state index contributed by atoms with van der Waals surface area (Å²) < 4.78 is 10.7. The van der Waals surface area contributed by atoms with Gasteiger partial charge in [0.15, 0.2) is 19.9 Å². The van der Waals surface area contributed by atoms with Gasteiger partial charge < -0.3 is 24.6 Å². The average molecular weight is 383 g/mol. The lowest BCUT2D eigenvalue weighted by atomic mass is 10.1. The van der Waals surface area contributed by atoms with Gasteiger partial charge in [0.25, 0.3) is 0 Å². The van der Waals surface area contributed by atoms with Crippen LogP contribution in [0.15, 0.2) is 42.6 Å². The van der Waals surface area contributed by atoms with E-state index in [0.717, 1.165) is 10.9 Å². The van der Waals surface area contributed by atoms with Crippen molar-refractivity contribution in [3.05, 3.63) is 53.7 Å². The first-order chi connectivity index (χ1) is 13.1. The van der Waals surface area contributed by atoms with Gasteiger partial charge in [-0.2, -0.15) is 5.26 Å². The number of pyridine rings is 1. The zero-order valence-corrected chi connectivity index (χ0v) is 15.7. The second-order valence-electron chi connectivity index (χ2n) is 5.69. The number of anilines is 1. The lowest BCUT2D eigenvalue weighted by molar-refractivity contribution is 0.356. The molecule has 7 nitrogen and oxygen atoms in total. The molecule has 3 aromatic rings. The maximum Gasteiger partial charge on any atom is 0.199 e. The number of nitrogens with zero attached hydrogens (tertiary/aromatic N) is 2. The first-order valence-corrected chi connectivity index (χ1v) is 9.27. The minimum Gasteiger partial charge on any atom is -0.493 e. The number of hydrogen-bond acceptors (Lipinski definition) is 7. The third-order valence-electron chi connectivity index (χ3n) is 4.13. The number of rotatable bonds is 6. The van der Waals surface area contributed by atoms with Crippen LogP contribution in [0.3, 0.4) is 0 Å². The first kappa shape index (κ1) is 18.9. The highest BCUT2D eigenvalue weighted by molar-refractivity contribution is 7.54. The van der Waals surface area contributed by atoms with E-state index in [1.165, 1.54) is 6.20 Å². The Kier molecular flexibility index (Phi) is 5.72. The molecular formula is C19H18N3O4P. The van der Waals surface area contributed by atoms with Crippen LogP contribution in [0.4, 0.5) is 5.69 Å². The molecule has 0 aliphatic carbocycles. The molecule has 0 aliphatic heterocycles. The van der Waals surface area contributed by atoms with Crippen LogP contribution in [0.5, 0.6) is 11.5 Å². The molecule has 0 spiro atoms. The van der Waals surface area contributed by atoms with Crippen molar-refractivity contribution in [3.63, 3.8) is 0 Å². The molecule has 1 aromatic heterocycles. The number of hydrogen-bond donors (Lipinski definition) is 3. The van der Waals surface area contributed by atoms with E-state index in [1.54, 1.807) is 38.5 Å². The number of aromatic nitrogens is 1. The second kappa shape index (κ2) is 8.19. The molecule has 0 unspecified atom stereocenters. The summed E-state index contributed by atoms with van der Waals surface area (Å²) in [4.78, 5) is 22.8. The van der Waals surface area contributed by atoms with Crippen LogP contribution in [0, 0.1) is 11.3 Å². The standard InChI is InChI=1S/C19H18N3O4P/c1-25-17-7-15-16(8-18(17)26-2)21-11-13(9-20)19(15)22-10-12-3-5-14(6-4-12)27(23)24/h3-8,11,23-24H,10H2,1-2H3,(H,21,22). The first-order valence-electron chi connectivity index (χ1n) is 8.03. The Labute approximate surface area is 157 Å². The molecule has 0 atom stereocenters. The number of nitriles is 1. The van der Waals surface area contributed by atoms with Gasteiger partial charge in [0.1, 0.15) is 6.07 Å². The van der Waals surface area contributed by atoms with Gasteiger partial charge in [-0.05, 0) is 23.8 Å². The maximum atomic E-state index is 9.46. The highest BCUT2D eigenvalue weighted by Crippen LogP contribution is 2.36. The molecule has 0 aliphatic rings. The quantitative estimate of drug-likeness (QED) is 0.562. The summed E-state index contributed by atoms with van der Waals surface area (Å²) in [5.41, 5.74) is 2.68. The molecule has 0 bridgehead atoms. The van der Waals surface area contributed by atoms with Crippen LogP contribution >= 0.6 is 8.38 Å². The van der Waals surface area contributed by atoms with E-state index in [9.17, 15) is 15.0 Å². The van der Waals surface area contributed by atoms with E-state index >= 15 is 0 Å². The summed E-state index contributed by atoms with van der Waals surface area (Å²) in [6, 6.07) is 12.7. The van der Waals surface area contributed by atoms with Crippen molar-refractivity contribution in [1.82, 2.24) is 4.98 Å². The lowest BCUT2D eigenvalue weighted by Crippen LogP contribution is -2.05. The highest BCUT2D eigenvalue weighted by Gasteiger charge is 2.14. The monoisotopic (exact) mass is 383 g/mol. The zero-order chi connectivity index (χ0) is 19.4. The van der Waals surface area contributed by atoms with Gasteiger partial charge in [0, 0.05) is 29.5 Å². The number of ether oxygens (including phenoxy) is 2. The van der Waals surface area contributed by atoms with Crippen LogP contribution < -0.4 is 20.1 Å². The molecule has 0 saturated heterocycles. The van der Waals surface area contributed by atoms with Crippen LogP contribution in [-0.2, 0) is 6.54 Å². The topological polar surface area (TPSA) is 108 Å². The van der Waals surface area contributed by atoms with Gasteiger partial charge in [0.05, 0.1) is 31.0 Å². The van der Waals surface area contributed by atoms with Gasteiger partial charge in [0.2, 0.25) is 0 Å². The van der Waals surface area contributed by atoms with E-state index in [2.05, 4.69) is 16.4 Å². The Hall–Kier alpha value is -2.91. The lowest BCUT2D eigenvalue weighted by Gasteiger charge is -2.14. The Balaban J connectivity index is 1.97. The fourth-order valence-electron chi connectivity index (χ4n) is 2.73. The van der Waals surface area contributed by atoms with E-state index < -0.39 is 8.38 Å². The van der Waals surface area contributed by atoms with Crippen molar-refractivity contribution in [2.24, 2.45) is 0 Å². The van der Waals surface area contributed by atoms with E-state index in [-0.39, 0.29) is 0 Å². The third kappa shape index (κ3) is 3.93. The molecule has 0 saturated carbocycles. The minimum absolute atomic E-state index is 0.417. The zero-order valence-electron chi connectivity index (χ0n) is 14.8. The summed E-state index contributed by atoms with van der Waals surface area (Å²) in [7, 11) is 1.01. The van der Waals surface area contributed by atoms with Gasteiger partial charge in [-0.1, -0.05) is 12.1 Å². The largest absolute Gasteiger partial charge is 0.493 e. The van der Waals surface area contributed by atoms with E-state index in [1.807, 2.05) is 12.1 Å². The molecule has 3 N–H and O–H groups in total. The van der Waals surface area contributed by atoms with Crippen molar-refractivity contribution in [2.45, 2.75) is 6.54 Å². The van der Waals surface area contributed by atoms with Crippen molar-refractivity contribution < 1.29 is 19.3 Å². The Morgan fingerprint density at radius 3 is 2.37 bits per heavy atom. The van der Waals surface area contributed by atoms with Crippen molar-refractivity contribution in [1.29, 1.82) is 5.26 Å². The fourth-order valence-corrected chi connectivity index (χ4v) is 3.15. The summed E-state index contributed by atoms with van der Waals surface area (Å²) in [6.45, 7) is 0.456. The summed E-state index contributed by atoms with van der Waals surface area (Å²) in [5.74, 6) is 1.11. The number of benzene rings is 2. The molecule has 2 aromatic carbocycles. The van der Waals surface area contributed by atoms with Crippen LogP contribution in [0.2, 0.25) is 0 Å². The van der Waals surface area contributed by atoms with Gasteiger partial charge in [-0.15, -0.1) is 0 Å². The van der Waals surface area contributed by atoms with Gasteiger partial charge in [-0.3, -0.25) is 4.98 Å². The molecule has 3 rings (SSSR count). The Morgan fingerprint density at radius 2 is 1.78 bits per heavy atom. The number of methoxy groups -OCH3 is 2. The molecule has 0 amide bonds. The second-order valence-corrected chi connectivity index (χ2v) is 6.79. The summed E-state index contributed by atoms with van der Waals surface area (Å²) in [6.07, 6.45) is 1.52. The molecule has 0 radical (unpaired) electrons. The SMILES string of the molecule is COc1cc2ncc(C#N)c(NCc3ccc(P(O)O)cc3)c2cc1OC. The molecular weight excluding hydrogens is 365 g/mol. The maximum absolute atomic E-state index is 9.46. The highest BCUT2D eigenvalue weighted by atomic mass is 31.2. The van der Waals surface area contributed by atoms with Gasteiger partial charge in [-0.25, -0.2) is 0 Å². The number of fused-ring (bicyclic) bond motifs is 1. The summed E-state index contributed by atoms with van der Waals surface area (Å²) >= 11 is 0. The third-order valence-corrected chi connectivity index (χ3v) is 4.89. The normalized spacial score (nSPS) is 10.7. The molecule has 138 valence electrons. The Bertz CT molecular complexity index is 1000. The predicted molar refractivity (Wildman–Crippen MR) is 104 cm³/mol. The minimum atomic E-state index is -2.10. The van der Waals surface area contributed by atoms with Gasteiger partial charge >= 0.3 is 0 Å². The van der Waals surface area contributed by atoms with E-state index in [0.29, 0.717) is 40.1 Å². The molecule has 27 heavy (non-hydrogen) atoms. The van der Waals surface area contributed by atoms with Crippen LogP contribution in [-0.4, -0.2) is 29.0 Å². The summed E-state index contributed by atoms with van der Waals surface area (Å²) in [5, 5.41) is 14.0. The Morgan fingerprint density at radius 1 is 1.11 bits per heavy atom. The van der Waals surface area contributed by atoms with Crippen LogP contribution in [0.1, 0.15) is 11.1 Å². The smallest absolute Gasteiger partial charge is 0.199 e. The molecule has 0 fully saturated rings. The fraction of sp³-hybridized carbons (Fsp3) is 0.158. The number of nitrogens with one attached hydrogen (secondary N) is 1. The van der Waals surface area contributed by atoms with Crippen molar-refractivity contribution >= 4 is 30.3 Å². The molecule has 1 heterocycles. The predicted octanol–water partition coefficient (Wildman–Crippen LogP) is 2.66. The van der Waals surface area contributed by atoms with Crippen LogP contribution in [0.25, 0.3) is 10.9 Å². The molecule has 8 heteroatoms.